The Morgan fingerprint density at radius 3 is 2.41 bits per heavy atom. The van der Waals surface area contributed by atoms with Crippen molar-refractivity contribution in [3.8, 4) is 0 Å². The quantitative estimate of drug-likeness (QED) is 0.819. The summed E-state index contributed by atoms with van der Waals surface area (Å²) < 4.78 is 0. The summed E-state index contributed by atoms with van der Waals surface area (Å²) in [5.41, 5.74) is 3.45. The second-order valence-corrected chi connectivity index (χ2v) is 6.29. The van der Waals surface area contributed by atoms with Crippen LogP contribution in [-0.2, 0) is 0 Å². The zero-order valence-corrected chi connectivity index (χ0v) is 11.6. The van der Waals surface area contributed by atoms with Gasteiger partial charge in [0.15, 0.2) is 0 Å². The van der Waals surface area contributed by atoms with Gasteiger partial charge in [0, 0.05) is 6.04 Å². The van der Waals surface area contributed by atoms with Crippen LogP contribution >= 0.6 is 0 Å². The summed E-state index contributed by atoms with van der Waals surface area (Å²) in [6, 6.07) is 9.53. The standard InChI is InChI=1S/C16H25N/c1-5-10-17-15-11-14(16(2,3)4)12-8-6-7-9-13(12)15/h6-9,14-15,17H,5,10-11H2,1-4H3/t14-,15+/m1/s1. The molecule has 1 aromatic carbocycles. The van der Waals surface area contributed by atoms with E-state index >= 15 is 0 Å². The molecule has 1 aliphatic carbocycles. The fourth-order valence-electron chi connectivity index (χ4n) is 2.97. The van der Waals surface area contributed by atoms with E-state index in [1.54, 1.807) is 5.56 Å². The molecule has 0 aromatic heterocycles. The Balaban J connectivity index is 2.26. The molecule has 0 bridgehead atoms. The van der Waals surface area contributed by atoms with E-state index in [2.05, 4.69) is 57.3 Å². The van der Waals surface area contributed by atoms with Crippen molar-refractivity contribution in [1.82, 2.24) is 5.32 Å². The van der Waals surface area contributed by atoms with Crippen LogP contribution in [0.1, 0.15) is 63.6 Å². The zero-order valence-electron chi connectivity index (χ0n) is 11.6. The first kappa shape index (κ1) is 12.6. The maximum atomic E-state index is 3.69. The van der Waals surface area contributed by atoms with Gasteiger partial charge in [-0.2, -0.15) is 0 Å². The third-order valence-corrected chi connectivity index (χ3v) is 3.90. The fourth-order valence-corrected chi connectivity index (χ4v) is 2.97. The molecule has 0 heterocycles. The van der Waals surface area contributed by atoms with Crippen molar-refractivity contribution < 1.29 is 0 Å². The van der Waals surface area contributed by atoms with Crippen LogP contribution in [0, 0.1) is 5.41 Å². The van der Waals surface area contributed by atoms with Gasteiger partial charge < -0.3 is 5.32 Å². The summed E-state index contributed by atoms with van der Waals surface area (Å²) in [5, 5.41) is 3.69. The zero-order chi connectivity index (χ0) is 12.5. The lowest BCUT2D eigenvalue weighted by molar-refractivity contribution is 0.300. The molecule has 1 nitrogen and oxygen atoms in total. The monoisotopic (exact) mass is 231 g/mol. The van der Waals surface area contributed by atoms with Gasteiger partial charge in [0.2, 0.25) is 0 Å². The third-order valence-electron chi connectivity index (χ3n) is 3.90. The van der Waals surface area contributed by atoms with Crippen LogP contribution in [0.15, 0.2) is 24.3 Å². The van der Waals surface area contributed by atoms with E-state index in [-0.39, 0.29) is 0 Å². The van der Waals surface area contributed by atoms with Gasteiger partial charge in [0.25, 0.3) is 0 Å². The lowest BCUT2D eigenvalue weighted by Crippen LogP contribution is -2.21. The van der Waals surface area contributed by atoms with Gasteiger partial charge in [-0.05, 0) is 41.8 Å². The van der Waals surface area contributed by atoms with E-state index in [1.165, 1.54) is 18.4 Å². The Bertz CT molecular complexity index is 375. The molecule has 1 aliphatic rings. The number of nitrogens with one attached hydrogen (secondary N) is 1. The van der Waals surface area contributed by atoms with E-state index in [4.69, 9.17) is 0 Å². The minimum absolute atomic E-state index is 0.360. The average molecular weight is 231 g/mol. The predicted molar refractivity (Wildman–Crippen MR) is 74.3 cm³/mol. The Kier molecular flexibility index (Phi) is 3.58. The molecule has 1 N–H and O–H groups in total. The molecular formula is C16H25N. The number of benzene rings is 1. The molecular weight excluding hydrogens is 206 g/mol. The lowest BCUT2D eigenvalue weighted by Gasteiger charge is -2.28. The Morgan fingerprint density at radius 2 is 1.82 bits per heavy atom. The van der Waals surface area contributed by atoms with E-state index in [0.29, 0.717) is 17.4 Å². The minimum Gasteiger partial charge on any atom is -0.310 e. The molecule has 0 saturated heterocycles. The summed E-state index contributed by atoms with van der Waals surface area (Å²) >= 11 is 0. The van der Waals surface area contributed by atoms with Crippen LogP contribution in [-0.4, -0.2) is 6.54 Å². The summed E-state index contributed by atoms with van der Waals surface area (Å²) in [6.45, 7) is 10.4. The first-order valence-electron chi connectivity index (χ1n) is 6.86. The van der Waals surface area contributed by atoms with E-state index < -0.39 is 0 Å². The largest absolute Gasteiger partial charge is 0.310 e. The van der Waals surface area contributed by atoms with Crippen LogP contribution in [0.4, 0.5) is 0 Å². The molecule has 0 saturated carbocycles. The topological polar surface area (TPSA) is 12.0 Å². The number of fused-ring (bicyclic) bond motifs is 1. The van der Waals surface area contributed by atoms with Crippen molar-refractivity contribution in [2.24, 2.45) is 5.41 Å². The Hall–Kier alpha value is -0.820. The van der Waals surface area contributed by atoms with Crippen LogP contribution in [0.3, 0.4) is 0 Å². The number of hydrogen-bond acceptors (Lipinski definition) is 1. The fraction of sp³-hybridized carbons (Fsp3) is 0.625. The van der Waals surface area contributed by atoms with Crippen molar-refractivity contribution in [3.63, 3.8) is 0 Å². The van der Waals surface area contributed by atoms with Gasteiger partial charge in [-0.1, -0.05) is 52.0 Å². The third kappa shape index (κ3) is 2.55. The molecule has 0 aliphatic heterocycles. The number of hydrogen-bond donors (Lipinski definition) is 1. The van der Waals surface area contributed by atoms with Crippen LogP contribution in [0.2, 0.25) is 0 Å². The highest BCUT2D eigenvalue weighted by molar-refractivity contribution is 5.39. The van der Waals surface area contributed by atoms with Crippen molar-refractivity contribution in [3.05, 3.63) is 35.4 Å². The van der Waals surface area contributed by atoms with Gasteiger partial charge in [0.1, 0.15) is 0 Å². The molecule has 1 heteroatoms. The van der Waals surface area contributed by atoms with Gasteiger partial charge in [0.05, 0.1) is 0 Å². The maximum Gasteiger partial charge on any atom is 0.0329 e. The minimum atomic E-state index is 0.360. The lowest BCUT2D eigenvalue weighted by atomic mass is 9.77. The van der Waals surface area contributed by atoms with E-state index in [0.717, 1.165) is 6.54 Å². The smallest absolute Gasteiger partial charge is 0.0329 e. The van der Waals surface area contributed by atoms with Gasteiger partial charge in [-0.3, -0.25) is 0 Å². The normalized spacial score (nSPS) is 23.8. The summed E-state index contributed by atoms with van der Waals surface area (Å²) in [7, 11) is 0. The first-order chi connectivity index (χ1) is 8.04. The molecule has 17 heavy (non-hydrogen) atoms. The second-order valence-electron chi connectivity index (χ2n) is 6.29. The SMILES string of the molecule is CCCN[C@H]1C[C@@H](C(C)(C)C)c2ccccc21. The Morgan fingerprint density at radius 1 is 1.18 bits per heavy atom. The molecule has 0 amide bonds. The molecule has 0 radical (unpaired) electrons. The van der Waals surface area contributed by atoms with Crippen LogP contribution in [0.25, 0.3) is 0 Å². The maximum absolute atomic E-state index is 3.69. The van der Waals surface area contributed by atoms with Crippen LogP contribution < -0.4 is 5.32 Å². The van der Waals surface area contributed by atoms with Crippen molar-refractivity contribution in [1.29, 1.82) is 0 Å². The van der Waals surface area contributed by atoms with Gasteiger partial charge in [-0.15, -0.1) is 0 Å². The highest BCUT2D eigenvalue weighted by Crippen LogP contribution is 2.48. The summed E-state index contributed by atoms with van der Waals surface area (Å²) in [4.78, 5) is 0. The molecule has 1 aromatic rings. The highest BCUT2D eigenvalue weighted by atomic mass is 14.9. The molecule has 0 fully saturated rings. The molecule has 0 unspecified atom stereocenters. The first-order valence-corrected chi connectivity index (χ1v) is 6.86. The van der Waals surface area contributed by atoms with Crippen molar-refractivity contribution >= 4 is 0 Å². The van der Waals surface area contributed by atoms with Crippen LogP contribution in [0.5, 0.6) is 0 Å². The molecule has 2 rings (SSSR count). The van der Waals surface area contributed by atoms with E-state index in [1.807, 2.05) is 0 Å². The Labute approximate surface area is 106 Å². The molecule has 0 spiro atoms. The van der Waals surface area contributed by atoms with Gasteiger partial charge in [-0.25, -0.2) is 0 Å². The van der Waals surface area contributed by atoms with E-state index in [9.17, 15) is 0 Å². The average Bonchev–Trinajstić information content (AvgIpc) is 2.65. The van der Waals surface area contributed by atoms with Crippen molar-refractivity contribution in [2.45, 2.75) is 52.5 Å². The molecule has 2 atom stereocenters. The number of rotatable bonds is 3. The van der Waals surface area contributed by atoms with Gasteiger partial charge >= 0.3 is 0 Å². The predicted octanol–water partition coefficient (Wildman–Crippen LogP) is 4.26. The summed E-state index contributed by atoms with van der Waals surface area (Å²) in [6.07, 6.45) is 2.46. The van der Waals surface area contributed by atoms with Crippen molar-refractivity contribution in [2.75, 3.05) is 6.54 Å². The second kappa shape index (κ2) is 4.81. The molecule has 94 valence electrons. The summed E-state index contributed by atoms with van der Waals surface area (Å²) in [5.74, 6) is 0.688. The highest BCUT2D eigenvalue weighted by Gasteiger charge is 2.36.